The van der Waals surface area contributed by atoms with Gasteiger partial charge >= 0.3 is 47.6 Å². The largest absolute Gasteiger partial charge is 0.497 e. The lowest BCUT2D eigenvalue weighted by molar-refractivity contribution is -0.461. The minimum Gasteiger partial charge on any atom is -0.497 e. The molecule has 1 aromatic carbocycles. The van der Waals surface area contributed by atoms with Gasteiger partial charge in [-0.1, -0.05) is 0 Å². The van der Waals surface area contributed by atoms with Crippen molar-refractivity contribution in [2.75, 3.05) is 12.9 Å². The van der Waals surface area contributed by atoms with E-state index in [2.05, 4.69) is 0 Å². The third-order valence-corrected chi connectivity index (χ3v) is 5.55. The summed E-state index contributed by atoms with van der Waals surface area (Å²) in [4.78, 5) is -0.00689. The van der Waals surface area contributed by atoms with Crippen molar-refractivity contribution in [1.82, 2.24) is 0 Å². The highest BCUT2D eigenvalue weighted by molar-refractivity contribution is 7.99. The van der Waals surface area contributed by atoms with Crippen molar-refractivity contribution in [2.45, 2.75) is 59.0 Å². The first-order chi connectivity index (χ1) is 15.8. The molecule has 0 N–H and O–H groups in total. The van der Waals surface area contributed by atoms with Gasteiger partial charge in [0.15, 0.2) is 0 Å². The summed E-state index contributed by atoms with van der Waals surface area (Å²) in [7, 11) is 1.21. The molecule has 0 heterocycles. The van der Waals surface area contributed by atoms with E-state index in [0.29, 0.717) is 0 Å². The van der Waals surface area contributed by atoms with Gasteiger partial charge in [0.2, 0.25) is 0 Å². The van der Waals surface area contributed by atoms with Crippen LogP contribution in [-0.4, -0.2) is 60.5 Å². The summed E-state index contributed by atoms with van der Waals surface area (Å²) in [6, 6.07) is 4.68. The van der Waals surface area contributed by atoms with Crippen LogP contribution in [0.4, 0.5) is 74.6 Å². The average Bonchev–Trinajstić information content (AvgIpc) is 2.72. The first-order valence-corrected chi connectivity index (χ1v) is 9.73. The molecule has 0 saturated heterocycles. The molecule has 1 aromatic rings. The van der Waals surface area contributed by atoms with Crippen molar-refractivity contribution >= 4 is 11.8 Å². The van der Waals surface area contributed by atoms with E-state index in [1.54, 1.807) is 0 Å². The van der Waals surface area contributed by atoms with Gasteiger partial charge < -0.3 is 4.74 Å². The maximum absolute atomic E-state index is 13.8. The molecule has 210 valence electrons. The van der Waals surface area contributed by atoms with Crippen molar-refractivity contribution in [3.8, 4) is 5.75 Å². The minimum absolute atomic E-state index is 0.00689. The van der Waals surface area contributed by atoms with Crippen LogP contribution in [0, 0.1) is 0 Å². The quantitative estimate of drug-likeness (QED) is 0.191. The molecule has 19 heteroatoms. The first kappa shape index (κ1) is 32.2. The van der Waals surface area contributed by atoms with Gasteiger partial charge in [-0.3, -0.25) is 0 Å². The Morgan fingerprint density at radius 3 is 1.28 bits per heavy atom. The van der Waals surface area contributed by atoms with Gasteiger partial charge in [-0.25, -0.2) is 0 Å². The summed E-state index contributed by atoms with van der Waals surface area (Å²) in [5, 5.41) is 0. The second kappa shape index (κ2) is 9.49. The van der Waals surface area contributed by atoms with Crippen LogP contribution >= 0.6 is 11.8 Å². The van der Waals surface area contributed by atoms with Crippen molar-refractivity contribution in [1.29, 1.82) is 0 Å². The Bertz CT molecular complexity index is 891. The number of benzene rings is 1. The SMILES string of the molecule is COc1ccc(SCCC(F)(F)C(F)(F)C(F)(F)C(F)(F)C(F)(F)C(F)(F)C(F)(F)C(F)(F)F)cc1. The predicted molar refractivity (Wildman–Crippen MR) is 89.0 cm³/mol. The van der Waals surface area contributed by atoms with E-state index < -0.39 is 59.8 Å². The minimum atomic E-state index is -8.61. The Hall–Kier alpha value is -1.82. The van der Waals surface area contributed by atoms with Crippen molar-refractivity contribution in [3.05, 3.63) is 24.3 Å². The molecule has 0 bridgehead atoms. The van der Waals surface area contributed by atoms with Crippen LogP contribution in [0.5, 0.6) is 5.75 Å². The zero-order chi connectivity index (χ0) is 28.8. The third-order valence-electron chi connectivity index (χ3n) is 4.53. The molecular formula is C17H11F17OS. The fourth-order valence-corrected chi connectivity index (χ4v) is 3.25. The highest BCUT2D eigenvalue weighted by Crippen LogP contribution is 2.64. The number of methoxy groups -OCH3 is 1. The van der Waals surface area contributed by atoms with Crippen LogP contribution < -0.4 is 4.74 Å². The van der Waals surface area contributed by atoms with E-state index in [4.69, 9.17) is 4.74 Å². The molecule has 0 radical (unpaired) electrons. The van der Waals surface area contributed by atoms with E-state index in [0.717, 1.165) is 12.1 Å². The van der Waals surface area contributed by atoms with E-state index in [9.17, 15) is 74.6 Å². The van der Waals surface area contributed by atoms with E-state index in [1.165, 1.54) is 19.2 Å². The summed E-state index contributed by atoms with van der Waals surface area (Å²) in [6.45, 7) is 0. The fourth-order valence-electron chi connectivity index (χ4n) is 2.32. The maximum atomic E-state index is 13.8. The standard InChI is InChI=1S/C17H11F17OS/c1-35-8-2-4-9(5-3-8)36-7-6-10(18,19)11(20,21)12(22,23)13(24,25)14(26,27)15(28,29)16(30,31)17(32,33)34/h2-5H,6-7H2,1H3. The fraction of sp³-hybridized carbons (Fsp3) is 0.647. The highest BCUT2D eigenvalue weighted by Gasteiger charge is 2.95. The summed E-state index contributed by atoms with van der Waals surface area (Å²) in [5.41, 5.74) is 0. The second-order valence-corrected chi connectivity index (χ2v) is 8.09. The smallest absolute Gasteiger partial charge is 0.460 e. The van der Waals surface area contributed by atoms with Crippen LogP contribution in [0.2, 0.25) is 0 Å². The second-order valence-electron chi connectivity index (χ2n) is 6.92. The number of hydrogen-bond donors (Lipinski definition) is 0. The van der Waals surface area contributed by atoms with Gasteiger partial charge in [0.1, 0.15) is 5.75 Å². The van der Waals surface area contributed by atoms with Gasteiger partial charge in [-0.2, -0.15) is 74.6 Å². The van der Waals surface area contributed by atoms with Crippen molar-refractivity contribution in [3.63, 3.8) is 0 Å². The molecule has 1 rings (SSSR count). The molecule has 0 aliphatic carbocycles. The molecule has 0 spiro atoms. The average molecular weight is 586 g/mol. The molecule has 0 unspecified atom stereocenters. The molecule has 0 atom stereocenters. The third kappa shape index (κ3) is 4.87. The highest BCUT2D eigenvalue weighted by atomic mass is 32.2. The monoisotopic (exact) mass is 586 g/mol. The number of thioether (sulfide) groups is 1. The van der Waals surface area contributed by atoms with Crippen molar-refractivity contribution in [2.24, 2.45) is 0 Å². The lowest BCUT2D eigenvalue weighted by atomic mass is 9.88. The van der Waals surface area contributed by atoms with Gasteiger partial charge in [-0.05, 0) is 24.3 Å². The molecular weight excluding hydrogens is 575 g/mol. The Morgan fingerprint density at radius 2 is 0.917 bits per heavy atom. The number of ether oxygens (including phenoxy) is 1. The summed E-state index contributed by atoms with van der Waals surface area (Å²) < 4.78 is 229. The first-order valence-electron chi connectivity index (χ1n) is 8.74. The maximum Gasteiger partial charge on any atom is 0.460 e. The molecule has 0 saturated carbocycles. The lowest BCUT2D eigenvalue weighted by Gasteiger charge is -2.42. The van der Waals surface area contributed by atoms with Crippen LogP contribution in [0.3, 0.4) is 0 Å². The molecule has 0 amide bonds. The number of hydrogen-bond acceptors (Lipinski definition) is 2. The van der Waals surface area contributed by atoms with Crippen molar-refractivity contribution < 1.29 is 79.4 Å². The Kier molecular flexibility index (Phi) is 8.49. The Morgan fingerprint density at radius 1 is 0.556 bits per heavy atom. The Labute approximate surface area is 193 Å². The zero-order valence-corrected chi connectivity index (χ0v) is 17.8. The van der Waals surface area contributed by atoms with Crippen LogP contribution in [0.15, 0.2) is 29.2 Å². The topological polar surface area (TPSA) is 9.23 Å². The molecule has 0 aromatic heterocycles. The zero-order valence-electron chi connectivity index (χ0n) is 17.0. The van der Waals surface area contributed by atoms with Gasteiger partial charge in [-0.15, -0.1) is 11.8 Å². The predicted octanol–water partition coefficient (Wildman–Crippen LogP) is 8.19. The van der Waals surface area contributed by atoms with Gasteiger partial charge in [0, 0.05) is 17.1 Å². The molecule has 0 aliphatic heterocycles. The number of rotatable bonds is 11. The summed E-state index contributed by atoms with van der Waals surface area (Å²) in [6.07, 6.45) is -10.3. The summed E-state index contributed by atoms with van der Waals surface area (Å²) >= 11 is 0.223. The number of halogens is 17. The van der Waals surface area contributed by atoms with Gasteiger partial charge in [0.05, 0.1) is 7.11 Å². The van der Waals surface area contributed by atoms with Crippen LogP contribution in [-0.2, 0) is 0 Å². The summed E-state index contributed by atoms with van der Waals surface area (Å²) in [5.74, 6) is -57.2. The lowest BCUT2D eigenvalue weighted by Crippen LogP contribution is -2.74. The molecule has 36 heavy (non-hydrogen) atoms. The van der Waals surface area contributed by atoms with E-state index in [1.807, 2.05) is 0 Å². The van der Waals surface area contributed by atoms with Crippen LogP contribution in [0.25, 0.3) is 0 Å². The molecule has 0 fully saturated rings. The van der Waals surface area contributed by atoms with E-state index >= 15 is 0 Å². The van der Waals surface area contributed by atoms with Crippen LogP contribution in [0.1, 0.15) is 6.42 Å². The molecule has 0 aliphatic rings. The van der Waals surface area contributed by atoms with E-state index in [-0.39, 0.29) is 22.4 Å². The molecule has 1 nitrogen and oxygen atoms in total. The van der Waals surface area contributed by atoms with Gasteiger partial charge in [0.25, 0.3) is 0 Å². The Balaban J connectivity index is 3.30. The normalized spacial score (nSPS) is 15.3. The number of alkyl halides is 17.